The van der Waals surface area contributed by atoms with Crippen molar-refractivity contribution >= 4 is 34.4 Å². The van der Waals surface area contributed by atoms with Gasteiger partial charge in [-0.2, -0.15) is 0 Å². The molecule has 0 unspecified atom stereocenters. The zero-order chi connectivity index (χ0) is 17.4. The van der Waals surface area contributed by atoms with Crippen LogP contribution in [-0.2, 0) is 0 Å². The number of aromatic amines is 1. The summed E-state index contributed by atoms with van der Waals surface area (Å²) in [5.41, 5.74) is 1.91. The molecule has 1 aromatic carbocycles. The van der Waals surface area contributed by atoms with Gasteiger partial charge < -0.3 is 10.3 Å². The molecular formula is C16H11ClFN7. The summed E-state index contributed by atoms with van der Waals surface area (Å²) < 4.78 is 14.1. The van der Waals surface area contributed by atoms with Gasteiger partial charge in [0.25, 0.3) is 0 Å². The summed E-state index contributed by atoms with van der Waals surface area (Å²) in [4.78, 5) is 23.9. The SMILES string of the molecule is Cc1cc(Nc2ncnc3nc(-c4c(F)cccc4Cl)[nH]c23)ncn1. The van der Waals surface area contributed by atoms with Crippen LogP contribution in [0.4, 0.5) is 16.0 Å². The number of nitrogens with one attached hydrogen (secondary N) is 2. The number of rotatable bonds is 3. The highest BCUT2D eigenvalue weighted by atomic mass is 35.5. The molecule has 9 heteroatoms. The number of nitrogens with zero attached hydrogens (tertiary/aromatic N) is 5. The molecule has 0 atom stereocenters. The fourth-order valence-electron chi connectivity index (χ4n) is 2.41. The summed E-state index contributed by atoms with van der Waals surface area (Å²) in [6.07, 6.45) is 2.82. The van der Waals surface area contributed by atoms with Gasteiger partial charge in [-0.1, -0.05) is 17.7 Å². The summed E-state index contributed by atoms with van der Waals surface area (Å²) in [6.45, 7) is 1.86. The van der Waals surface area contributed by atoms with Crippen molar-refractivity contribution in [1.82, 2.24) is 29.9 Å². The van der Waals surface area contributed by atoms with Gasteiger partial charge in [0, 0.05) is 11.8 Å². The second-order valence-electron chi connectivity index (χ2n) is 5.27. The number of anilines is 2. The highest BCUT2D eigenvalue weighted by Gasteiger charge is 2.16. The number of halogens is 2. The topological polar surface area (TPSA) is 92.3 Å². The zero-order valence-electron chi connectivity index (χ0n) is 13.0. The fourth-order valence-corrected chi connectivity index (χ4v) is 2.66. The van der Waals surface area contributed by atoms with E-state index >= 15 is 0 Å². The number of hydrogen-bond donors (Lipinski definition) is 2. The number of benzene rings is 1. The predicted octanol–water partition coefficient (Wildman–Crippen LogP) is 3.65. The Morgan fingerprint density at radius 1 is 1.12 bits per heavy atom. The molecule has 0 aliphatic heterocycles. The van der Waals surface area contributed by atoms with Crippen molar-refractivity contribution in [1.29, 1.82) is 0 Å². The summed E-state index contributed by atoms with van der Waals surface area (Å²) in [5.74, 6) is 0.850. The maximum absolute atomic E-state index is 14.1. The first-order valence-electron chi connectivity index (χ1n) is 7.32. The van der Waals surface area contributed by atoms with Crippen molar-refractivity contribution in [2.24, 2.45) is 0 Å². The Kier molecular flexibility index (Phi) is 3.73. The van der Waals surface area contributed by atoms with E-state index in [4.69, 9.17) is 11.6 Å². The second kappa shape index (κ2) is 6.06. The van der Waals surface area contributed by atoms with E-state index in [0.717, 1.165) is 5.69 Å². The largest absolute Gasteiger partial charge is 0.333 e. The number of aromatic nitrogens is 6. The van der Waals surface area contributed by atoms with Gasteiger partial charge in [0.15, 0.2) is 11.5 Å². The molecule has 0 saturated heterocycles. The predicted molar refractivity (Wildman–Crippen MR) is 92.1 cm³/mol. The van der Waals surface area contributed by atoms with E-state index in [1.54, 1.807) is 12.1 Å². The molecule has 3 heterocycles. The Morgan fingerprint density at radius 3 is 2.76 bits per heavy atom. The monoisotopic (exact) mass is 355 g/mol. The summed E-state index contributed by atoms with van der Waals surface area (Å²) in [5, 5.41) is 3.34. The maximum atomic E-state index is 14.1. The Balaban J connectivity index is 1.82. The van der Waals surface area contributed by atoms with E-state index in [9.17, 15) is 4.39 Å². The van der Waals surface area contributed by atoms with Crippen LogP contribution in [-0.4, -0.2) is 29.9 Å². The van der Waals surface area contributed by atoms with E-state index in [1.165, 1.54) is 24.8 Å². The highest BCUT2D eigenvalue weighted by Crippen LogP contribution is 2.31. The molecule has 0 bridgehead atoms. The van der Waals surface area contributed by atoms with Crippen LogP contribution >= 0.6 is 11.6 Å². The molecule has 7 nitrogen and oxygen atoms in total. The lowest BCUT2D eigenvalue weighted by molar-refractivity contribution is 0.630. The zero-order valence-corrected chi connectivity index (χ0v) is 13.7. The first kappa shape index (κ1) is 15.4. The van der Waals surface area contributed by atoms with E-state index < -0.39 is 5.82 Å². The first-order chi connectivity index (χ1) is 12.1. The molecule has 0 aliphatic carbocycles. The van der Waals surface area contributed by atoms with Crippen LogP contribution < -0.4 is 5.32 Å². The summed E-state index contributed by atoms with van der Waals surface area (Å²) >= 11 is 6.11. The molecule has 0 spiro atoms. The van der Waals surface area contributed by atoms with Gasteiger partial charge in [0.1, 0.15) is 35.6 Å². The van der Waals surface area contributed by atoms with Crippen LogP contribution in [0.2, 0.25) is 5.02 Å². The third-order valence-corrected chi connectivity index (χ3v) is 3.85. The molecule has 124 valence electrons. The number of aryl methyl sites for hydroxylation is 1. The third kappa shape index (κ3) is 2.87. The Hall–Kier alpha value is -3.13. The van der Waals surface area contributed by atoms with Gasteiger partial charge in [-0.25, -0.2) is 29.3 Å². The van der Waals surface area contributed by atoms with Crippen LogP contribution in [0.25, 0.3) is 22.6 Å². The lowest BCUT2D eigenvalue weighted by atomic mass is 10.2. The summed E-state index contributed by atoms with van der Waals surface area (Å²) in [7, 11) is 0. The second-order valence-corrected chi connectivity index (χ2v) is 5.68. The Morgan fingerprint density at radius 2 is 1.96 bits per heavy atom. The molecule has 2 N–H and O–H groups in total. The van der Waals surface area contributed by atoms with E-state index in [-0.39, 0.29) is 16.4 Å². The van der Waals surface area contributed by atoms with Crippen LogP contribution in [0.3, 0.4) is 0 Å². The van der Waals surface area contributed by atoms with Crippen molar-refractivity contribution in [3.8, 4) is 11.4 Å². The summed E-state index contributed by atoms with van der Waals surface area (Å²) in [6, 6.07) is 6.23. The molecule has 25 heavy (non-hydrogen) atoms. The van der Waals surface area contributed by atoms with Crippen molar-refractivity contribution < 1.29 is 4.39 Å². The minimum absolute atomic E-state index is 0.186. The van der Waals surface area contributed by atoms with Gasteiger partial charge in [-0.15, -0.1) is 0 Å². The molecule has 3 aromatic heterocycles. The molecule has 0 aliphatic rings. The normalized spacial score (nSPS) is 11.0. The number of fused-ring (bicyclic) bond motifs is 1. The van der Waals surface area contributed by atoms with Crippen molar-refractivity contribution in [3.05, 3.63) is 53.5 Å². The molecule has 4 aromatic rings. The lowest BCUT2D eigenvalue weighted by Gasteiger charge is -2.05. The van der Waals surface area contributed by atoms with E-state index in [2.05, 4.69) is 35.2 Å². The fraction of sp³-hybridized carbons (Fsp3) is 0.0625. The third-order valence-electron chi connectivity index (χ3n) is 3.54. The minimum atomic E-state index is -0.472. The van der Waals surface area contributed by atoms with E-state index in [1.807, 2.05) is 6.92 Å². The number of H-pyrrole nitrogens is 1. The molecule has 0 radical (unpaired) electrons. The van der Waals surface area contributed by atoms with Crippen LogP contribution in [0.15, 0.2) is 36.9 Å². The quantitative estimate of drug-likeness (QED) is 0.582. The van der Waals surface area contributed by atoms with Gasteiger partial charge in [0.05, 0.1) is 10.6 Å². The molecule has 0 saturated carbocycles. The first-order valence-corrected chi connectivity index (χ1v) is 7.70. The van der Waals surface area contributed by atoms with Crippen LogP contribution in [0, 0.1) is 12.7 Å². The molecule has 0 amide bonds. The number of imidazole rings is 1. The van der Waals surface area contributed by atoms with Crippen LogP contribution in [0.1, 0.15) is 5.69 Å². The average Bonchev–Trinajstić information content (AvgIpc) is 2.99. The number of hydrogen-bond acceptors (Lipinski definition) is 6. The molecule has 4 rings (SSSR count). The average molecular weight is 356 g/mol. The van der Waals surface area contributed by atoms with E-state index in [0.29, 0.717) is 22.8 Å². The van der Waals surface area contributed by atoms with Crippen molar-refractivity contribution in [2.45, 2.75) is 6.92 Å². The highest BCUT2D eigenvalue weighted by molar-refractivity contribution is 6.33. The maximum Gasteiger partial charge on any atom is 0.183 e. The van der Waals surface area contributed by atoms with Gasteiger partial charge in [-0.05, 0) is 19.1 Å². The minimum Gasteiger partial charge on any atom is -0.333 e. The van der Waals surface area contributed by atoms with Crippen molar-refractivity contribution in [3.63, 3.8) is 0 Å². The lowest BCUT2D eigenvalue weighted by Crippen LogP contribution is -1.98. The Labute approximate surface area is 146 Å². The van der Waals surface area contributed by atoms with Gasteiger partial charge in [0.2, 0.25) is 0 Å². The van der Waals surface area contributed by atoms with Crippen molar-refractivity contribution in [2.75, 3.05) is 5.32 Å². The standard InChI is InChI=1S/C16H11ClFN7/c1-8-5-11(20-6-19-8)23-15-13-16(22-7-21-15)25-14(24-13)12-9(17)3-2-4-10(12)18/h2-7H,1H3,(H2,19,20,21,22,23,24,25). The molecule has 0 fully saturated rings. The Bertz CT molecular complexity index is 1060. The van der Waals surface area contributed by atoms with Gasteiger partial charge >= 0.3 is 0 Å². The molecular weight excluding hydrogens is 345 g/mol. The van der Waals surface area contributed by atoms with Gasteiger partial charge in [-0.3, -0.25) is 0 Å². The smallest absolute Gasteiger partial charge is 0.183 e. The van der Waals surface area contributed by atoms with Crippen LogP contribution in [0.5, 0.6) is 0 Å².